The maximum Gasteiger partial charge on any atom is 0.325 e. The molecule has 0 saturated carbocycles. The van der Waals surface area contributed by atoms with Crippen LogP contribution >= 0.6 is 0 Å². The van der Waals surface area contributed by atoms with Crippen LogP contribution in [0.4, 0.5) is 0 Å². The lowest BCUT2D eigenvalue weighted by molar-refractivity contribution is -0.152. The third-order valence-corrected chi connectivity index (χ3v) is 1.68. The topological polar surface area (TPSA) is 72.5 Å². The van der Waals surface area contributed by atoms with Gasteiger partial charge >= 0.3 is 5.97 Å². The summed E-state index contributed by atoms with van der Waals surface area (Å²) in [6, 6.07) is -0.931. The molecule has 0 heterocycles. The highest BCUT2D eigenvalue weighted by molar-refractivity contribution is 5.76. The molecule has 0 radical (unpaired) electrons. The lowest BCUT2D eigenvalue weighted by Crippen LogP contribution is -2.42. The molecule has 72 valence electrons. The second-order valence-electron chi connectivity index (χ2n) is 2.92. The second-order valence-corrected chi connectivity index (χ2v) is 2.92. The van der Waals surface area contributed by atoms with Crippen LogP contribution in [0.5, 0.6) is 0 Å². The number of carbonyl (C=O) groups excluding carboxylic acids is 1. The number of hydrogen-bond acceptors (Lipinski definition) is 4. The summed E-state index contributed by atoms with van der Waals surface area (Å²) in [6.07, 6.45) is -0.248. The molecule has 0 aliphatic carbocycles. The average molecular weight is 175 g/mol. The van der Waals surface area contributed by atoms with Crippen molar-refractivity contribution in [1.29, 1.82) is 0 Å². The minimum Gasteiger partial charge on any atom is -0.461 e. The van der Waals surface area contributed by atoms with Gasteiger partial charge in [0.1, 0.15) is 6.04 Å². The van der Waals surface area contributed by atoms with Crippen molar-refractivity contribution in [2.75, 3.05) is 0 Å². The number of aliphatic hydroxyl groups excluding tert-OH is 1. The van der Waals surface area contributed by atoms with Crippen LogP contribution in [0.2, 0.25) is 0 Å². The Hall–Kier alpha value is -0.610. The van der Waals surface area contributed by atoms with Crippen LogP contribution in [0.25, 0.3) is 0 Å². The smallest absolute Gasteiger partial charge is 0.325 e. The van der Waals surface area contributed by atoms with Crippen LogP contribution < -0.4 is 5.73 Å². The summed E-state index contributed by atoms with van der Waals surface area (Å²) in [4.78, 5) is 11.0. The van der Waals surface area contributed by atoms with E-state index in [2.05, 4.69) is 0 Å². The van der Waals surface area contributed by atoms with Crippen molar-refractivity contribution in [2.24, 2.45) is 5.73 Å². The van der Waals surface area contributed by atoms with Gasteiger partial charge in [0.05, 0.1) is 12.2 Å². The number of rotatable bonds is 4. The zero-order chi connectivity index (χ0) is 9.72. The number of nitrogens with two attached hydrogens (primary N) is 1. The highest BCUT2D eigenvalue weighted by atomic mass is 16.5. The number of ether oxygens (including phenoxy) is 1. The van der Waals surface area contributed by atoms with Crippen molar-refractivity contribution in [2.45, 2.75) is 45.4 Å². The van der Waals surface area contributed by atoms with E-state index in [9.17, 15) is 4.79 Å². The summed E-state index contributed by atoms with van der Waals surface area (Å²) in [5, 5.41) is 8.95. The van der Waals surface area contributed by atoms with Gasteiger partial charge < -0.3 is 15.6 Å². The highest BCUT2D eigenvalue weighted by Gasteiger charge is 2.21. The summed E-state index contributed by atoms with van der Waals surface area (Å²) < 4.78 is 4.90. The first-order chi connectivity index (χ1) is 5.49. The quantitative estimate of drug-likeness (QED) is 0.591. The van der Waals surface area contributed by atoms with Crippen LogP contribution in [0.3, 0.4) is 0 Å². The molecule has 0 aromatic carbocycles. The van der Waals surface area contributed by atoms with Gasteiger partial charge in [-0.05, 0) is 20.3 Å². The molecule has 0 aromatic rings. The van der Waals surface area contributed by atoms with E-state index < -0.39 is 18.1 Å². The standard InChI is InChI=1S/C8H17NO3/c1-4-5(2)12-8(11)7(9)6(3)10/h5-7,10H,4,9H2,1-3H3/t5-,6+,7-/m0/s1. The molecular weight excluding hydrogens is 158 g/mol. The highest BCUT2D eigenvalue weighted by Crippen LogP contribution is 2.00. The first kappa shape index (κ1) is 11.4. The minimum atomic E-state index is -0.931. The molecule has 0 bridgehead atoms. The first-order valence-electron chi connectivity index (χ1n) is 4.13. The van der Waals surface area contributed by atoms with Crippen LogP contribution in [0.15, 0.2) is 0 Å². The van der Waals surface area contributed by atoms with Gasteiger partial charge in [0.15, 0.2) is 0 Å². The van der Waals surface area contributed by atoms with Crippen LogP contribution in [0, 0.1) is 0 Å². The Balaban J connectivity index is 3.87. The summed E-state index contributed by atoms with van der Waals surface area (Å²) in [7, 11) is 0. The second kappa shape index (κ2) is 5.11. The zero-order valence-corrected chi connectivity index (χ0v) is 7.78. The summed E-state index contributed by atoms with van der Waals surface area (Å²) in [6.45, 7) is 5.15. The van der Waals surface area contributed by atoms with Gasteiger partial charge in [-0.3, -0.25) is 4.79 Å². The minimum absolute atomic E-state index is 0.137. The number of carbonyl (C=O) groups is 1. The third-order valence-electron chi connectivity index (χ3n) is 1.68. The lowest BCUT2D eigenvalue weighted by atomic mass is 10.2. The van der Waals surface area contributed by atoms with E-state index in [1.54, 1.807) is 6.92 Å². The molecule has 0 amide bonds. The molecule has 4 heteroatoms. The van der Waals surface area contributed by atoms with Crippen molar-refractivity contribution in [1.82, 2.24) is 0 Å². The fourth-order valence-corrected chi connectivity index (χ4v) is 0.557. The number of aliphatic hydroxyl groups is 1. The van der Waals surface area contributed by atoms with Gasteiger partial charge in [-0.2, -0.15) is 0 Å². The normalized spacial score (nSPS) is 18.1. The SMILES string of the molecule is CC[C@H](C)OC(=O)[C@@H](N)[C@@H](C)O. The molecule has 0 rings (SSSR count). The summed E-state index contributed by atoms with van der Waals surface area (Å²) in [5.41, 5.74) is 5.34. The lowest BCUT2D eigenvalue weighted by Gasteiger charge is -2.16. The molecule has 0 spiro atoms. The fourth-order valence-electron chi connectivity index (χ4n) is 0.557. The van der Waals surface area contributed by atoms with E-state index >= 15 is 0 Å². The molecular formula is C8H17NO3. The Labute approximate surface area is 72.7 Å². The van der Waals surface area contributed by atoms with E-state index in [0.29, 0.717) is 0 Å². The van der Waals surface area contributed by atoms with Gasteiger partial charge in [0.2, 0.25) is 0 Å². The van der Waals surface area contributed by atoms with E-state index in [0.717, 1.165) is 6.42 Å². The van der Waals surface area contributed by atoms with Crippen LogP contribution in [0.1, 0.15) is 27.2 Å². The molecule has 0 aliphatic rings. The largest absolute Gasteiger partial charge is 0.461 e. The predicted molar refractivity (Wildman–Crippen MR) is 45.5 cm³/mol. The van der Waals surface area contributed by atoms with Crippen molar-refractivity contribution < 1.29 is 14.6 Å². The number of esters is 1. The molecule has 0 unspecified atom stereocenters. The first-order valence-corrected chi connectivity index (χ1v) is 4.13. The van der Waals surface area contributed by atoms with E-state index in [4.69, 9.17) is 15.6 Å². The van der Waals surface area contributed by atoms with Crippen molar-refractivity contribution in [3.05, 3.63) is 0 Å². The number of hydrogen-bond donors (Lipinski definition) is 2. The molecule has 3 atom stereocenters. The van der Waals surface area contributed by atoms with Gasteiger partial charge in [0, 0.05) is 0 Å². The van der Waals surface area contributed by atoms with Gasteiger partial charge in [-0.1, -0.05) is 6.92 Å². The molecule has 0 fully saturated rings. The van der Waals surface area contributed by atoms with Gasteiger partial charge in [-0.25, -0.2) is 0 Å². The Bertz CT molecular complexity index is 147. The van der Waals surface area contributed by atoms with E-state index in [-0.39, 0.29) is 6.10 Å². The summed E-state index contributed by atoms with van der Waals surface area (Å²) in [5.74, 6) is -0.542. The Morgan fingerprint density at radius 3 is 2.42 bits per heavy atom. The van der Waals surface area contributed by atoms with Crippen LogP contribution in [-0.2, 0) is 9.53 Å². The predicted octanol–water partition coefficient (Wildman–Crippen LogP) is 0.0362. The fraction of sp³-hybridized carbons (Fsp3) is 0.875. The maximum atomic E-state index is 11.0. The third kappa shape index (κ3) is 3.69. The molecule has 0 aromatic heterocycles. The molecule has 4 nitrogen and oxygen atoms in total. The Morgan fingerprint density at radius 2 is 2.08 bits per heavy atom. The van der Waals surface area contributed by atoms with E-state index in [1.165, 1.54) is 6.92 Å². The van der Waals surface area contributed by atoms with Crippen molar-refractivity contribution in [3.63, 3.8) is 0 Å². The molecule has 3 N–H and O–H groups in total. The summed E-state index contributed by atoms with van der Waals surface area (Å²) >= 11 is 0. The Morgan fingerprint density at radius 1 is 1.58 bits per heavy atom. The van der Waals surface area contributed by atoms with Gasteiger partial charge in [0.25, 0.3) is 0 Å². The maximum absolute atomic E-state index is 11.0. The zero-order valence-electron chi connectivity index (χ0n) is 7.78. The average Bonchev–Trinajstić information content (AvgIpc) is 2.02. The van der Waals surface area contributed by atoms with Crippen LogP contribution in [-0.4, -0.2) is 29.3 Å². The monoisotopic (exact) mass is 175 g/mol. The molecule has 0 aliphatic heterocycles. The van der Waals surface area contributed by atoms with E-state index in [1.807, 2.05) is 6.92 Å². The van der Waals surface area contributed by atoms with Crippen molar-refractivity contribution >= 4 is 5.97 Å². The Kier molecular flexibility index (Phi) is 4.85. The molecule has 0 saturated heterocycles. The van der Waals surface area contributed by atoms with Gasteiger partial charge in [-0.15, -0.1) is 0 Å². The van der Waals surface area contributed by atoms with Crippen molar-refractivity contribution in [3.8, 4) is 0 Å². The molecule has 12 heavy (non-hydrogen) atoms.